The summed E-state index contributed by atoms with van der Waals surface area (Å²) in [4.78, 5) is 33.5. The smallest absolute Gasteiger partial charge is 0.311 e. The van der Waals surface area contributed by atoms with Gasteiger partial charge in [0.15, 0.2) is 5.75 Å². The van der Waals surface area contributed by atoms with E-state index in [1.165, 1.54) is 12.3 Å². The van der Waals surface area contributed by atoms with E-state index < -0.39 is 34.6 Å². The molecule has 0 spiro atoms. The number of aryl methyl sites for hydroxylation is 1. The molecule has 9 heteroatoms. The summed E-state index contributed by atoms with van der Waals surface area (Å²) >= 11 is 0. The molecule has 134 valence electrons. The Labute approximate surface area is 148 Å². The zero-order valence-electron chi connectivity index (χ0n) is 13.8. The summed E-state index contributed by atoms with van der Waals surface area (Å²) in [5.74, 6) is -1.61. The van der Waals surface area contributed by atoms with E-state index in [4.69, 9.17) is 0 Å². The van der Waals surface area contributed by atoms with Crippen LogP contribution in [0.15, 0.2) is 47.6 Å². The van der Waals surface area contributed by atoms with Crippen LogP contribution < -0.4 is 10.7 Å². The fraction of sp³-hybridized carbons (Fsp3) is 0.118. The Kier molecular flexibility index (Phi) is 5.99. The molecule has 0 radical (unpaired) electrons. The van der Waals surface area contributed by atoms with Crippen molar-refractivity contribution in [1.29, 1.82) is 0 Å². The van der Waals surface area contributed by atoms with Gasteiger partial charge >= 0.3 is 5.69 Å². The van der Waals surface area contributed by atoms with Crippen molar-refractivity contribution in [3.63, 3.8) is 0 Å². The number of phenolic OH excluding ortho intramolecular Hbond substituents is 1. The van der Waals surface area contributed by atoms with Gasteiger partial charge in [0.25, 0.3) is 0 Å². The molecule has 0 aliphatic rings. The summed E-state index contributed by atoms with van der Waals surface area (Å²) in [7, 11) is 0. The van der Waals surface area contributed by atoms with E-state index in [2.05, 4.69) is 15.8 Å². The maximum Gasteiger partial charge on any atom is 0.311 e. The molecule has 2 aromatic rings. The second kappa shape index (κ2) is 8.38. The maximum atomic E-state index is 11.8. The third-order valence-corrected chi connectivity index (χ3v) is 3.26. The lowest BCUT2D eigenvalue weighted by molar-refractivity contribution is -0.385. The minimum Gasteiger partial charge on any atom is -0.502 e. The number of phenols is 1. The number of carbonyl (C=O) groups is 2. The minimum atomic E-state index is -0.735. The maximum absolute atomic E-state index is 11.8. The van der Waals surface area contributed by atoms with Crippen molar-refractivity contribution in [3.8, 4) is 5.75 Å². The second-order valence-electron chi connectivity index (χ2n) is 5.39. The molecule has 0 fully saturated rings. The van der Waals surface area contributed by atoms with Gasteiger partial charge < -0.3 is 10.4 Å². The Balaban J connectivity index is 1.87. The quantitative estimate of drug-likeness (QED) is 0.315. The third kappa shape index (κ3) is 5.41. The molecule has 0 heterocycles. The Hall–Kier alpha value is -3.75. The average Bonchev–Trinajstić information content (AvgIpc) is 2.58. The summed E-state index contributed by atoms with van der Waals surface area (Å²) < 4.78 is 0. The van der Waals surface area contributed by atoms with E-state index in [0.29, 0.717) is 11.3 Å². The van der Waals surface area contributed by atoms with Crippen LogP contribution in [0, 0.1) is 17.0 Å². The van der Waals surface area contributed by atoms with Gasteiger partial charge in [0.2, 0.25) is 11.8 Å². The Bertz CT molecular complexity index is 862. The van der Waals surface area contributed by atoms with E-state index in [1.54, 1.807) is 12.1 Å². The van der Waals surface area contributed by atoms with Crippen LogP contribution in [0.25, 0.3) is 0 Å². The number of hydrogen-bond acceptors (Lipinski definition) is 6. The van der Waals surface area contributed by atoms with Gasteiger partial charge in [-0.2, -0.15) is 5.10 Å². The number of amides is 2. The SMILES string of the molecule is Cc1ccc(NC(=O)CC(=O)N/N=C/c2ccc(O)c([N+](=O)[O-])c2)cc1. The van der Waals surface area contributed by atoms with Gasteiger partial charge in [0, 0.05) is 17.3 Å². The van der Waals surface area contributed by atoms with Crippen LogP contribution in [0.1, 0.15) is 17.5 Å². The van der Waals surface area contributed by atoms with Crippen molar-refractivity contribution in [2.45, 2.75) is 13.3 Å². The zero-order chi connectivity index (χ0) is 19.1. The number of hydrazone groups is 1. The average molecular weight is 356 g/mol. The van der Waals surface area contributed by atoms with Crippen LogP contribution in [-0.2, 0) is 9.59 Å². The summed E-state index contributed by atoms with van der Waals surface area (Å²) in [6.07, 6.45) is 0.739. The van der Waals surface area contributed by atoms with Crippen molar-refractivity contribution in [3.05, 3.63) is 63.7 Å². The first-order valence-corrected chi connectivity index (χ1v) is 7.51. The van der Waals surface area contributed by atoms with E-state index in [-0.39, 0.29) is 0 Å². The molecule has 0 aliphatic carbocycles. The number of nitro groups is 1. The van der Waals surface area contributed by atoms with Crippen LogP contribution in [0.2, 0.25) is 0 Å². The lowest BCUT2D eigenvalue weighted by atomic mass is 10.2. The fourth-order valence-electron chi connectivity index (χ4n) is 1.97. The van der Waals surface area contributed by atoms with Gasteiger partial charge in [-0.1, -0.05) is 17.7 Å². The molecule has 0 saturated heterocycles. The van der Waals surface area contributed by atoms with Crippen molar-refractivity contribution in [2.24, 2.45) is 5.10 Å². The number of rotatable bonds is 6. The number of nitrogens with zero attached hydrogens (tertiary/aromatic N) is 2. The number of aromatic hydroxyl groups is 1. The Morgan fingerprint density at radius 1 is 1.19 bits per heavy atom. The number of benzene rings is 2. The van der Waals surface area contributed by atoms with Gasteiger partial charge in [-0.15, -0.1) is 0 Å². The predicted molar refractivity (Wildman–Crippen MR) is 94.9 cm³/mol. The van der Waals surface area contributed by atoms with Gasteiger partial charge in [-0.05, 0) is 31.2 Å². The van der Waals surface area contributed by atoms with E-state index in [1.807, 2.05) is 19.1 Å². The molecule has 0 saturated carbocycles. The highest BCUT2D eigenvalue weighted by Gasteiger charge is 2.13. The van der Waals surface area contributed by atoms with Gasteiger partial charge in [-0.25, -0.2) is 5.43 Å². The summed E-state index contributed by atoms with van der Waals surface area (Å²) in [6.45, 7) is 1.92. The van der Waals surface area contributed by atoms with Crippen LogP contribution in [0.5, 0.6) is 5.75 Å². The summed E-state index contributed by atoms with van der Waals surface area (Å²) in [5, 5.41) is 26.3. The molecule has 9 nitrogen and oxygen atoms in total. The summed E-state index contributed by atoms with van der Waals surface area (Å²) in [5.41, 5.74) is 3.61. The van der Waals surface area contributed by atoms with Crippen LogP contribution in [0.3, 0.4) is 0 Å². The van der Waals surface area contributed by atoms with Crippen molar-refractivity contribution in [2.75, 3.05) is 5.32 Å². The lowest BCUT2D eigenvalue weighted by Crippen LogP contribution is -2.24. The molecule has 2 aromatic carbocycles. The fourth-order valence-corrected chi connectivity index (χ4v) is 1.97. The minimum absolute atomic E-state index is 0.305. The lowest BCUT2D eigenvalue weighted by Gasteiger charge is -2.04. The highest BCUT2D eigenvalue weighted by molar-refractivity contribution is 6.03. The van der Waals surface area contributed by atoms with Gasteiger partial charge in [0.1, 0.15) is 6.42 Å². The van der Waals surface area contributed by atoms with Gasteiger partial charge in [-0.3, -0.25) is 19.7 Å². The molecule has 0 aliphatic heterocycles. The highest BCUT2D eigenvalue weighted by Crippen LogP contribution is 2.25. The van der Waals surface area contributed by atoms with Crippen molar-refractivity contribution < 1.29 is 19.6 Å². The Morgan fingerprint density at radius 2 is 1.88 bits per heavy atom. The van der Waals surface area contributed by atoms with Gasteiger partial charge in [0.05, 0.1) is 11.1 Å². The molecule has 0 aromatic heterocycles. The van der Waals surface area contributed by atoms with E-state index in [9.17, 15) is 24.8 Å². The first-order valence-electron chi connectivity index (χ1n) is 7.51. The molecule has 0 unspecified atom stereocenters. The number of anilines is 1. The second-order valence-corrected chi connectivity index (χ2v) is 5.39. The normalized spacial score (nSPS) is 10.5. The molecule has 2 amide bonds. The number of carbonyl (C=O) groups excluding carboxylic acids is 2. The van der Waals surface area contributed by atoms with E-state index in [0.717, 1.165) is 17.7 Å². The number of hydrogen-bond donors (Lipinski definition) is 3. The topological polar surface area (TPSA) is 134 Å². The van der Waals surface area contributed by atoms with E-state index >= 15 is 0 Å². The zero-order valence-corrected chi connectivity index (χ0v) is 13.8. The highest BCUT2D eigenvalue weighted by atomic mass is 16.6. The molecule has 0 atom stereocenters. The molecule has 26 heavy (non-hydrogen) atoms. The molecular formula is C17H16N4O5. The molecule has 0 bridgehead atoms. The molecule has 2 rings (SSSR count). The standard InChI is InChI=1S/C17H16N4O5/c1-11-2-5-13(6-3-11)19-16(23)9-17(24)20-18-10-12-4-7-15(22)14(8-12)21(25)26/h2-8,10,22H,9H2,1H3,(H,19,23)(H,20,24)/b18-10+. The van der Waals surface area contributed by atoms with Crippen molar-refractivity contribution >= 4 is 29.4 Å². The largest absolute Gasteiger partial charge is 0.502 e. The first kappa shape index (κ1) is 18.6. The number of nitro benzene ring substituents is 1. The van der Waals surface area contributed by atoms with Crippen LogP contribution >= 0.6 is 0 Å². The van der Waals surface area contributed by atoms with Crippen molar-refractivity contribution in [1.82, 2.24) is 5.43 Å². The Morgan fingerprint density at radius 3 is 2.54 bits per heavy atom. The van der Waals surface area contributed by atoms with Crippen LogP contribution in [-0.4, -0.2) is 28.1 Å². The van der Waals surface area contributed by atoms with Crippen LogP contribution in [0.4, 0.5) is 11.4 Å². The molecular weight excluding hydrogens is 340 g/mol. The molecule has 3 N–H and O–H groups in total. The first-order chi connectivity index (χ1) is 12.3. The monoisotopic (exact) mass is 356 g/mol. The third-order valence-electron chi connectivity index (χ3n) is 3.26. The number of nitrogens with one attached hydrogen (secondary N) is 2. The summed E-state index contributed by atoms with van der Waals surface area (Å²) in [6, 6.07) is 10.8. The predicted octanol–water partition coefficient (Wildman–Crippen LogP) is 2.09.